The zero-order valence-corrected chi connectivity index (χ0v) is 19.1. The highest BCUT2D eigenvalue weighted by Crippen LogP contribution is 2.26. The van der Waals surface area contributed by atoms with Gasteiger partial charge < -0.3 is 9.30 Å². The van der Waals surface area contributed by atoms with Gasteiger partial charge in [0.15, 0.2) is 0 Å². The molecule has 1 fully saturated rings. The Balaban J connectivity index is 1.54. The first kappa shape index (κ1) is 22.6. The minimum absolute atomic E-state index is 0.162. The quantitative estimate of drug-likeness (QED) is 0.401. The molecule has 1 aliphatic rings. The molecule has 2 aromatic carbocycles. The summed E-state index contributed by atoms with van der Waals surface area (Å²) >= 11 is 12.0. The number of ether oxygens (including phenoxy) is 1. The molecule has 0 unspecified atom stereocenters. The molecule has 0 atom stereocenters. The lowest BCUT2D eigenvalue weighted by atomic mass is 10.1. The first-order valence-corrected chi connectivity index (χ1v) is 10.8. The second-order valence-electron chi connectivity index (χ2n) is 7.32. The SMILES string of the molecule is Cc1ccc(N2C(=O)NC(=O)/C(=C\c3cccn3CCOc3ccc(Cl)cc3)C2=O)cc1Cl. The van der Waals surface area contributed by atoms with Crippen LogP contribution in [-0.2, 0) is 16.1 Å². The Morgan fingerprint density at radius 1 is 1.03 bits per heavy atom. The maximum Gasteiger partial charge on any atom is 0.335 e. The van der Waals surface area contributed by atoms with Crippen molar-refractivity contribution in [3.05, 3.63) is 87.7 Å². The highest BCUT2D eigenvalue weighted by molar-refractivity contribution is 6.39. The molecule has 7 nitrogen and oxygen atoms in total. The van der Waals surface area contributed by atoms with Gasteiger partial charge in [0.2, 0.25) is 0 Å². The molecule has 0 radical (unpaired) electrons. The predicted octanol–water partition coefficient (Wildman–Crippen LogP) is 4.85. The number of benzene rings is 2. The Labute approximate surface area is 200 Å². The van der Waals surface area contributed by atoms with Crippen LogP contribution in [-0.4, -0.2) is 29.0 Å². The predicted molar refractivity (Wildman–Crippen MR) is 127 cm³/mol. The second kappa shape index (κ2) is 9.52. The summed E-state index contributed by atoms with van der Waals surface area (Å²) in [6.07, 6.45) is 3.26. The van der Waals surface area contributed by atoms with Crippen LogP contribution in [0.15, 0.2) is 66.4 Å². The van der Waals surface area contributed by atoms with Crippen molar-refractivity contribution in [3.8, 4) is 5.75 Å². The number of carbonyl (C=O) groups is 3. The van der Waals surface area contributed by atoms with Crippen molar-refractivity contribution in [1.82, 2.24) is 9.88 Å². The van der Waals surface area contributed by atoms with Crippen molar-refractivity contribution in [2.75, 3.05) is 11.5 Å². The number of imide groups is 2. The monoisotopic (exact) mass is 483 g/mol. The van der Waals surface area contributed by atoms with Gasteiger partial charge in [0.05, 0.1) is 12.2 Å². The lowest BCUT2D eigenvalue weighted by molar-refractivity contribution is -0.122. The summed E-state index contributed by atoms with van der Waals surface area (Å²) < 4.78 is 7.56. The Bertz CT molecular complexity index is 1260. The van der Waals surface area contributed by atoms with Crippen molar-refractivity contribution in [2.45, 2.75) is 13.5 Å². The van der Waals surface area contributed by atoms with E-state index in [9.17, 15) is 14.4 Å². The van der Waals surface area contributed by atoms with E-state index in [0.29, 0.717) is 34.6 Å². The number of anilines is 1. The number of hydrogen-bond donors (Lipinski definition) is 1. The number of urea groups is 1. The topological polar surface area (TPSA) is 80.6 Å². The van der Waals surface area contributed by atoms with Crippen LogP contribution in [0.2, 0.25) is 10.0 Å². The number of hydrogen-bond acceptors (Lipinski definition) is 4. The van der Waals surface area contributed by atoms with Crippen molar-refractivity contribution in [3.63, 3.8) is 0 Å². The Morgan fingerprint density at radius 2 is 1.79 bits per heavy atom. The third-order valence-corrected chi connectivity index (χ3v) is 5.75. The molecule has 9 heteroatoms. The molecule has 4 rings (SSSR count). The number of aromatic nitrogens is 1. The van der Waals surface area contributed by atoms with Gasteiger partial charge in [-0.1, -0.05) is 29.3 Å². The summed E-state index contributed by atoms with van der Waals surface area (Å²) in [4.78, 5) is 38.8. The van der Waals surface area contributed by atoms with Crippen LogP contribution >= 0.6 is 23.2 Å². The fourth-order valence-corrected chi connectivity index (χ4v) is 3.62. The van der Waals surface area contributed by atoms with Crippen LogP contribution < -0.4 is 15.0 Å². The number of halogens is 2. The first-order chi connectivity index (χ1) is 15.8. The fraction of sp³-hybridized carbons (Fsp3) is 0.125. The molecule has 0 saturated carbocycles. The maximum absolute atomic E-state index is 13.1. The largest absolute Gasteiger partial charge is 0.492 e. The molecular weight excluding hydrogens is 465 g/mol. The summed E-state index contributed by atoms with van der Waals surface area (Å²) in [5, 5.41) is 3.24. The summed E-state index contributed by atoms with van der Waals surface area (Å²) in [6, 6.07) is 14.6. The first-order valence-electron chi connectivity index (χ1n) is 10.0. The number of nitrogens with zero attached hydrogens (tertiary/aromatic N) is 2. The third kappa shape index (κ3) is 4.94. The van der Waals surface area contributed by atoms with E-state index >= 15 is 0 Å². The molecule has 1 aromatic heterocycles. The summed E-state index contributed by atoms with van der Waals surface area (Å²) in [6.45, 7) is 2.64. The molecule has 1 aliphatic heterocycles. The van der Waals surface area contributed by atoms with Gasteiger partial charge in [-0.2, -0.15) is 0 Å². The van der Waals surface area contributed by atoms with Gasteiger partial charge in [-0.15, -0.1) is 0 Å². The fourth-order valence-electron chi connectivity index (χ4n) is 3.32. The van der Waals surface area contributed by atoms with E-state index in [2.05, 4.69) is 5.32 Å². The van der Waals surface area contributed by atoms with Gasteiger partial charge in [0.1, 0.15) is 17.9 Å². The number of aryl methyl sites for hydroxylation is 1. The smallest absolute Gasteiger partial charge is 0.335 e. The average molecular weight is 484 g/mol. The molecule has 0 aliphatic carbocycles. The zero-order chi connectivity index (χ0) is 23.5. The van der Waals surface area contributed by atoms with Gasteiger partial charge >= 0.3 is 6.03 Å². The zero-order valence-electron chi connectivity index (χ0n) is 17.5. The van der Waals surface area contributed by atoms with Crippen LogP contribution in [0.1, 0.15) is 11.3 Å². The molecule has 33 heavy (non-hydrogen) atoms. The van der Waals surface area contributed by atoms with Crippen molar-refractivity contribution < 1.29 is 19.1 Å². The highest BCUT2D eigenvalue weighted by Gasteiger charge is 2.37. The third-order valence-electron chi connectivity index (χ3n) is 5.09. The summed E-state index contributed by atoms with van der Waals surface area (Å²) in [5.41, 5.74) is 1.53. The van der Waals surface area contributed by atoms with Gasteiger partial charge in [0, 0.05) is 21.9 Å². The molecule has 0 spiro atoms. The number of barbiturate groups is 1. The lowest BCUT2D eigenvalue weighted by Crippen LogP contribution is -2.54. The van der Waals surface area contributed by atoms with Crippen LogP contribution in [0, 0.1) is 6.92 Å². The minimum Gasteiger partial charge on any atom is -0.492 e. The van der Waals surface area contributed by atoms with E-state index in [-0.39, 0.29) is 11.3 Å². The normalized spacial score (nSPS) is 15.2. The number of rotatable bonds is 6. The second-order valence-corrected chi connectivity index (χ2v) is 8.16. The standard InChI is InChI=1S/C24H19Cl2N3O4/c1-15-4-7-18(14-21(15)26)29-23(31)20(22(30)27-24(29)32)13-17-3-2-10-28(17)11-12-33-19-8-5-16(25)6-9-19/h2-10,13-14H,11-12H2,1H3,(H,27,30,32)/b20-13+. The van der Waals surface area contributed by atoms with Gasteiger partial charge in [0.25, 0.3) is 11.8 Å². The van der Waals surface area contributed by atoms with E-state index < -0.39 is 17.8 Å². The van der Waals surface area contributed by atoms with E-state index in [0.717, 1.165) is 10.5 Å². The summed E-state index contributed by atoms with van der Waals surface area (Å²) in [5.74, 6) is -0.808. The molecule has 0 bridgehead atoms. The van der Waals surface area contributed by atoms with Crippen LogP contribution in [0.25, 0.3) is 6.08 Å². The van der Waals surface area contributed by atoms with Crippen LogP contribution in [0.3, 0.4) is 0 Å². The number of amides is 4. The summed E-state index contributed by atoms with van der Waals surface area (Å²) in [7, 11) is 0. The van der Waals surface area contributed by atoms with Gasteiger partial charge in [-0.05, 0) is 67.1 Å². The number of carbonyl (C=O) groups excluding carboxylic acids is 3. The average Bonchev–Trinajstić information content (AvgIpc) is 3.22. The molecule has 1 saturated heterocycles. The molecule has 1 N–H and O–H groups in total. The maximum atomic E-state index is 13.1. The van der Waals surface area contributed by atoms with Crippen LogP contribution in [0.5, 0.6) is 5.75 Å². The van der Waals surface area contributed by atoms with E-state index in [4.69, 9.17) is 27.9 Å². The molecule has 4 amide bonds. The molecular formula is C24H19Cl2N3O4. The molecule has 168 valence electrons. The van der Waals surface area contributed by atoms with Crippen molar-refractivity contribution >= 4 is 52.8 Å². The van der Waals surface area contributed by atoms with Gasteiger partial charge in [-0.25, -0.2) is 9.69 Å². The Hall–Kier alpha value is -3.55. The Kier molecular flexibility index (Phi) is 6.53. The number of nitrogens with one attached hydrogen (secondary N) is 1. The van der Waals surface area contributed by atoms with E-state index in [1.165, 1.54) is 12.1 Å². The van der Waals surface area contributed by atoms with Gasteiger partial charge in [-0.3, -0.25) is 14.9 Å². The van der Waals surface area contributed by atoms with Crippen LogP contribution in [0.4, 0.5) is 10.5 Å². The molecule has 3 aromatic rings. The van der Waals surface area contributed by atoms with Crippen molar-refractivity contribution in [2.24, 2.45) is 0 Å². The van der Waals surface area contributed by atoms with E-state index in [1.807, 2.05) is 17.7 Å². The van der Waals surface area contributed by atoms with Crippen molar-refractivity contribution in [1.29, 1.82) is 0 Å². The Morgan fingerprint density at radius 3 is 2.52 bits per heavy atom. The van der Waals surface area contributed by atoms with E-state index in [1.54, 1.807) is 48.5 Å². The molecule has 2 heterocycles. The highest BCUT2D eigenvalue weighted by atomic mass is 35.5. The minimum atomic E-state index is -0.825. The lowest BCUT2D eigenvalue weighted by Gasteiger charge is -2.26.